The Labute approximate surface area is 91.2 Å². The van der Waals surface area contributed by atoms with E-state index in [1.54, 1.807) is 5.57 Å². The molecule has 0 aliphatic heterocycles. The number of hydrogen-bond donors (Lipinski definition) is 0. The van der Waals surface area contributed by atoms with Gasteiger partial charge in [0.25, 0.3) is 0 Å². The van der Waals surface area contributed by atoms with Crippen LogP contribution in [0.5, 0.6) is 0 Å². The van der Waals surface area contributed by atoms with E-state index in [2.05, 4.69) is 12.2 Å². The second-order valence-corrected chi connectivity index (χ2v) is 5.14. The highest BCUT2D eigenvalue weighted by Gasteiger charge is 2.36. The highest BCUT2D eigenvalue weighted by molar-refractivity contribution is 5.97. The van der Waals surface area contributed by atoms with Crippen LogP contribution in [0.15, 0.2) is 23.3 Å². The first-order valence-electron chi connectivity index (χ1n) is 6.30. The van der Waals surface area contributed by atoms with E-state index in [1.807, 2.05) is 0 Å². The fourth-order valence-electron chi connectivity index (χ4n) is 3.55. The minimum absolute atomic E-state index is 0.423. The molecule has 15 heavy (non-hydrogen) atoms. The molecular formula is C14H18O. The third-order valence-corrected chi connectivity index (χ3v) is 4.31. The summed E-state index contributed by atoms with van der Waals surface area (Å²) in [5.74, 6) is 1.74. The van der Waals surface area contributed by atoms with Crippen molar-refractivity contribution in [2.24, 2.45) is 11.8 Å². The Morgan fingerprint density at radius 2 is 1.80 bits per heavy atom. The maximum absolute atomic E-state index is 11.8. The van der Waals surface area contributed by atoms with Gasteiger partial charge in [0, 0.05) is 6.42 Å². The van der Waals surface area contributed by atoms with Crippen LogP contribution in [-0.4, -0.2) is 5.78 Å². The molecule has 80 valence electrons. The first-order valence-corrected chi connectivity index (χ1v) is 6.30. The first-order chi connectivity index (χ1) is 7.36. The fraction of sp³-hybridized carbons (Fsp3) is 0.643. The number of carbonyl (C=O) groups excluding carboxylic acids is 1. The van der Waals surface area contributed by atoms with Gasteiger partial charge in [-0.2, -0.15) is 0 Å². The summed E-state index contributed by atoms with van der Waals surface area (Å²) in [6, 6.07) is 0. The van der Waals surface area contributed by atoms with Gasteiger partial charge in [-0.1, -0.05) is 24.1 Å². The highest BCUT2D eigenvalue weighted by Crippen LogP contribution is 2.45. The van der Waals surface area contributed by atoms with Gasteiger partial charge in [0.2, 0.25) is 0 Å². The Morgan fingerprint density at radius 3 is 2.73 bits per heavy atom. The summed E-state index contributed by atoms with van der Waals surface area (Å²) < 4.78 is 0. The average Bonchev–Trinajstić information content (AvgIpc) is 2.29. The largest absolute Gasteiger partial charge is 0.295 e. The number of Topliss-reactive ketones (excluding diaryl/α,β-unsaturated/α-hetero) is 1. The maximum atomic E-state index is 11.8. The van der Waals surface area contributed by atoms with E-state index in [0.717, 1.165) is 24.3 Å². The van der Waals surface area contributed by atoms with Crippen molar-refractivity contribution in [1.29, 1.82) is 0 Å². The van der Waals surface area contributed by atoms with Crippen LogP contribution in [0.4, 0.5) is 0 Å². The molecule has 0 aromatic heterocycles. The number of hydrogen-bond acceptors (Lipinski definition) is 1. The van der Waals surface area contributed by atoms with E-state index in [9.17, 15) is 4.79 Å². The van der Waals surface area contributed by atoms with Crippen LogP contribution >= 0.6 is 0 Å². The van der Waals surface area contributed by atoms with Gasteiger partial charge in [-0.15, -0.1) is 0 Å². The van der Waals surface area contributed by atoms with Gasteiger partial charge in [0.05, 0.1) is 0 Å². The molecule has 0 heterocycles. The molecule has 0 spiro atoms. The van der Waals surface area contributed by atoms with E-state index in [4.69, 9.17) is 0 Å². The van der Waals surface area contributed by atoms with Crippen LogP contribution in [0.2, 0.25) is 0 Å². The molecule has 1 nitrogen and oxygen atoms in total. The molecule has 0 N–H and O–H groups in total. The standard InChI is InChI=1S/C14H18O/c15-14-7-3-6-12-11-5-2-1-4-10(11)8-9-13(12)14/h8-9,11-12H,1-7H2. The van der Waals surface area contributed by atoms with E-state index < -0.39 is 0 Å². The molecule has 0 saturated heterocycles. The minimum atomic E-state index is 0.423. The van der Waals surface area contributed by atoms with Gasteiger partial charge in [0.15, 0.2) is 5.78 Å². The molecule has 0 bridgehead atoms. The smallest absolute Gasteiger partial charge is 0.159 e. The number of ketones is 1. The summed E-state index contributed by atoms with van der Waals surface area (Å²) >= 11 is 0. The summed E-state index contributed by atoms with van der Waals surface area (Å²) in [6.45, 7) is 0. The number of carbonyl (C=O) groups is 1. The van der Waals surface area contributed by atoms with Gasteiger partial charge < -0.3 is 0 Å². The third kappa shape index (κ3) is 1.49. The Hall–Kier alpha value is -0.850. The molecule has 3 aliphatic rings. The summed E-state index contributed by atoms with van der Waals surface area (Å²) in [7, 11) is 0. The first kappa shape index (κ1) is 9.38. The molecule has 2 unspecified atom stereocenters. The van der Waals surface area contributed by atoms with Crippen molar-refractivity contribution in [3.63, 3.8) is 0 Å². The molecule has 0 radical (unpaired) electrons. The van der Waals surface area contributed by atoms with Crippen LogP contribution in [0.1, 0.15) is 44.9 Å². The SMILES string of the molecule is O=C1CCCC2C1=CC=C1CCCCC12. The molecule has 0 aromatic carbocycles. The zero-order valence-corrected chi connectivity index (χ0v) is 9.17. The van der Waals surface area contributed by atoms with E-state index in [0.29, 0.717) is 11.7 Å². The summed E-state index contributed by atoms with van der Waals surface area (Å²) in [6.07, 6.45) is 12.8. The predicted molar refractivity (Wildman–Crippen MR) is 60.5 cm³/mol. The van der Waals surface area contributed by atoms with E-state index in [-0.39, 0.29) is 0 Å². The second kappa shape index (κ2) is 3.62. The van der Waals surface area contributed by atoms with Crippen LogP contribution in [0.3, 0.4) is 0 Å². The monoisotopic (exact) mass is 202 g/mol. The van der Waals surface area contributed by atoms with Gasteiger partial charge in [-0.25, -0.2) is 0 Å². The number of rotatable bonds is 0. The molecular weight excluding hydrogens is 184 g/mol. The van der Waals surface area contributed by atoms with Crippen molar-refractivity contribution in [2.45, 2.75) is 44.9 Å². The molecule has 0 amide bonds. The van der Waals surface area contributed by atoms with Crippen molar-refractivity contribution < 1.29 is 4.79 Å². The zero-order chi connectivity index (χ0) is 10.3. The van der Waals surface area contributed by atoms with Crippen LogP contribution < -0.4 is 0 Å². The molecule has 2 saturated carbocycles. The zero-order valence-electron chi connectivity index (χ0n) is 9.17. The Kier molecular flexibility index (Phi) is 2.27. The van der Waals surface area contributed by atoms with E-state index >= 15 is 0 Å². The van der Waals surface area contributed by atoms with Gasteiger partial charge in [-0.05, 0) is 49.5 Å². The normalized spacial score (nSPS) is 35.1. The molecule has 1 heteroatoms. The average molecular weight is 202 g/mol. The summed E-state index contributed by atoms with van der Waals surface area (Å²) in [4.78, 5) is 11.8. The maximum Gasteiger partial charge on any atom is 0.159 e. The van der Waals surface area contributed by atoms with Gasteiger partial charge in [0.1, 0.15) is 0 Å². The summed E-state index contributed by atoms with van der Waals surface area (Å²) in [5.41, 5.74) is 2.78. The van der Waals surface area contributed by atoms with Crippen molar-refractivity contribution in [2.75, 3.05) is 0 Å². The third-order valence-electron chi connectivity index (χ3n) is 4.31. The van der Waals surface area contributed by atoms with Crippen molar-refractivity contribution in [3.8, 4) is 0 Å². The van der Waals surface area contributed by atoms with E-state index in [1.165, 1.54) is 32.1 Å². The second-order valence-electron chi connectivity index (χ2n) is 5.14. The topological polar surface area (TPSA) is 17.1 Å². The highest BCUT2D eigenvalue weighted by atomic mass is 16.1. The molecule has 2 atom stereocenters. The lowest BCUT2D eigenvalue weighted by Gasteiger charge is -2.38. The molecule has 3 aliphatic carbocycles. The van der Waals surface area contributed by atoms with Gasteiger partial charge in [-0.3, -0.25) is 4.79 Å². The Balaban J connectivity index is 1.95. The molecule has 0 aromatic rings. The Bertz CT molecular complexity index is 348. The van der Waals surface area contributed by atoms with Crippen molar-refractivity contribution in [1.82, 2.24) is 0 Å². The van der Waals surface area contributed by atoms with Crippen molar-refractivity contribution >= 4 is 5.78 Å². The molecule has 3 rings (SSSR count). The van der Waals surface area contributed by atoms with Crippen LogP contribution in [0, 0.1) is 11.8 Å². The predicted octanol–water partition coefficient (Wildman–Crippen LogP) is 3.41. The molecule has 2 fully saturated rings. The van der Waals surface area contributed by atoms with Crippen LogP contribution in [-0.2, 0) is 4.79 Å². The van der Waals surface area contributed by atoms with Gasteiger partial charge >= 0.3 is 0 Å². The minimum Gasteiger partial charge on any atom is -0.295 e. The Morgan fingerprint density at radius 1 is 0.933 bits per heavy atom. The summed E-state index contributed by atoms with van der Waals surface area (Å²) in [5, 5.41) is 0. The lowest BCUT2D eigenvalue weighted by molar-refractivity contribution is -0.117. The number of allylic oxidation sites excluding steroid dienone is 4. The quantitative estimate of drug-likeness (QED) is 0.588. The van der Waals surface area contributed by atoms with Crippen LogP contribution in [0.25, 0.3) is 0 Å². The van der Waals surface area contributed by atoms with Crippen molar-refractivity contribution in [3.05, 3.63) is 23.3 Å². The number of fused-ring (bicyclic) bond motifs is 3. The lowest BCUT2D eigenvalue weighted by Crippen LogP contribution is -2.30. The fourth-order valence-corrected chi connectivity index (χ4v) is 3.55. The lowest BCUT2D eigenvalue weighted by atomic mass is 9.66.